The lowest BCUT2D eigenvalue weighted by Gasteiger charge is -2.25. The lowest BCUT2D eigenvalue weighted by Crippen LogP contribution is -2.36. The highest BCUT2D eigenvalue weighted by molar-refractivity contribution is 9.10. The summed E-state index contributed by atoms with van der Waals surface area (Å²) in [5.74, 6) is 0.897. The van der Waals surface area contributed by atoms with Crippen LogP contribution in [0.3, 0.4) is 0 Å². The van der Waals surface area contributed by atoms with E-state index in [9.17, 15) is 4.79 Å². The van der Waals surface area contributed by atoms with Gasteiger partial charge in [-0.2, -0.15) is 0 Å². The van der Waals surface area contributed by atoms with Crippen molar-refractivity contribution in [2.75, 3.05) is 6.54 Å². The van der Waals surface area contributed by atoms with Gasteiger partial charge in [-0.15, -0.1) is 0 Å². The summed E-state index contributed by atoms with van der Waals surface area (Å²) in [6.45, 7) is 4.87. The number of amides is 1. The van der Waals surface area contributed by atoms with E-state index in [-0.39, 0.29) is 11.3 Å². The Labute approximate surface area is 133 Å². The molecule has 0 fully saturated rings. The van der Waals surface area contributed by atoms with E-state index in [1.54, 1.807) is 6.26 Å². The molecule has 2 rings (SSSR count). The molecule has 0 radical (unpaired) electrons. The van der Waals surface area contributed by atoms with E-state index in [1.807, 2.05) is 24.3 Å². The SMILES string of the molecule is CC(C)(CNC(=O)CCc1ccco1)c1ccc(Br)cc1. The van der Waals surface area contributed by atoms with Gasteiger partial charge in [-0.25, -0.2) is 0 Å². The van der Waals surface area contributed by atoms with Gasteiger partial charge in [0.05, 0.1) is 6.26 Å². The second kappa shape index (κ2) is 6.94. The van der Waals surface area contributed by atoms with E-state index in [4.69, 9.17) is 4.42 Å². The summed E-state index contributed by atoms with van der Waals surface area (Å²) in [5, 5.41) is 3.01. The zero-order valence-corrected chi connectivity index (χ0v) is 13.9. The van der Waals surface area contributed by atoms with E-state index in [0.717, 1.165) is 10.2 Å². The Hall–Kier alpha value is -1.55. The van der Waals surface area contributed by atoms with Crippen molar-refractivity contribution >= 4 is 21.8 Å². The quantitative estimate of drug-likeness (QED) is 0.853. The molecule has 0 aliphatic heterocycles. The first-order chi connectivity index (χ1) is 9.97. The second-order valence-corrected chi connectivity index (χ2v) is 6.66. The fraction of sp³-hybridized carbons (Fsp3) is 0.353. The van der Waals surface area contributed by atoms with E-state index in [2.05, 4.69) is 47.2 Å². The highest BCUT2D eigenvalue weighted by Gasteiger charge is 2.21. The summed E-state index contributed by atoms with van der Waals surface area (Å²) in [4.78, 5) is 11.9. The number of hydrogen-bond acceptors (Lipinski definition) is 2. The van der Waals surface area contributed by atoms with Crippen LogP contribution in [0.5, 0.6) is 0 Å². The first kappa shape index (κ1) is 15.8. The third-order valence-electron chi connectivity index (χ3n) is 3.53. The Kier molecular flexibility index (Phi) is 5.23. The summed E-state index contributed by atoms with van der Waals surface area (Å²) < 4.78 is 6.29. The van der Waals surface area contributed by atoms with Gasteiger partial charge in [-0.1, -0.05) is 41.9 Å². The molecular weight excluding hydrogens is 330 g/mol. The minimum Gasteiger partial charge on any atom is -0.469 e. The monoisotopic (exact) mass is 349 g/mol. The number of aryl methyl sites for hydroxylation is 1. The molecule has 2 aromatic rings. The number of hydrogen-bond donors (Lipinski definition) is 1. The molecule has 21 heavy (non-hydrogen) atoms. The summed E-state index contributed by atoms with van der Waals surface area (Å²) in [6, 6.07) is 11.9. The Morgan fingerprint density at radius 1 is 1.24 bits per heavy atom. The molecule has 1 aromatic carbocycles. The maximum absolute atomic E-state index is 11.9. The van der Waals surface area contributed by atoms with Crippen molar-refractivity contribution in [3.63, 3.8) is 0 Å². The van der Waals surface area contributed by atoms with E-state index < -0.39 is 0 Å². The summed E-state index contributed by atoms with van der Waals surface area (Å²) in [5.41, 5.74) is 1.11. The van der Waals surface area contributed by atoms with E-state index in [0.29, 0.717) is 19.4 Å². The standard InChI is InChI=1S/C17H20BrNO2/c1-17(2,13-5-7-14(18)8-6-13)12-19-16(20)10-9-15-4-3-11-21-15/h3-8,11H,9-10,12H2,1-2H3,(H,19,20). The smallest absolute Gasteiger partial charge is 0.220 e. The van der Waals surface area contributed by atoms with Crippen molar-refractivity contribution in [1.82, 2.24) is 5.32 Å². The van der Waals surface area contributed by atoms with E-state index in [1.165, 1.54) is 5.56 Å². The van der Waals surface area contributed by atoms with Crippen molar-refractivity contribution in [2.24, 2.45) is 0 Å². The number of furan rings is 1. The zero-order chi connectivity index (χ0) is 15.3. The minimum atomic E-state index is -0.0962. The Bertz CT molecular complexity index is 573. The van der Waals surface area contributed by atoms with E-state index >= 15 is 0 Å². The highest BCUT2D eigenvalue weighted by atomic mass is 79.9. The number of carbonyl (C=O) groups is 1. The van der Waals surface area contributed by atoms with Crippen molar-refractivity contribution in [3.05, 3.63) is 58.5 Å². The summed E-state index contributed by atoms with van der Waals surface area (Å²) in [7, 11) is 0. The highest BCUT2D eigenvalue weighted by Crippen LogP contribution is 2.24. The van der Waals surface area contributed by atoms with Gasteiger partial charge in [-0.05, 0) is 29.8 Å². The van der Waals surface area contributed by atoms with Crippen LogP contribution in [0.4, 0.5) is 0 Å². The molecule has 0 aliphatic rings. The minimum absolute atomic E-state index is 0.0524. The van der Waals surface area contributed by atoms with Crippen LogP contribution in [0, 0.1) is 0 Å². The largest absolute Gasteiger partial charge is 0.469 e. The van der Waals surface area contributed by atoms with Gasteiger partial charge in [0.1, 0.15) is 5.76 Å². The van der Waals surface area contributed by atoms with Crippen LogP contribution in [0.1, 0.15) is 31.6 Å². The van der Waals surface area contributed by atoms with Gasteiger partial charge in [0.25, 0.3) is 0 Å². The first-order valence-corrected chi connectivity index (χ1v) is 7.82. The normalized spacial score (nSPS) is 11.4. The average molecular weight is 350 g/mol. The van der Waals surface area contributed by atoms with Crippen LogP contribution in [-0.4, -0.2) is 12.5 Å². The topological polar surface area (TPSA) is 42.2 Å². The molecule has 0 spiro atoms. The predicted octanol–water partition coefficient (Wildman–Crippen LogP) is 4.07. The number of nitrogens with one attached hydrogen (secondary N) is 1. The maximum Gasteiger partial charge on any atom is 0.220 e. The van der Waals surface area contributed by atoms with Crippen LogP contribution >= 0.6 is 15.9 Å². The number of halogens is 1. The van der Waals surface area contributed by atoms with Crippen LogP contribution in [0.2, 0.25) is 0 Å². The van der Waals surface area contributed by atoms with Crippen molar-refractivity contribution in [3.8, 4) is 0 Å². The van der Waals surface area contributed by atoms with Crippen LogP contribution < -0.4 is 5.32 Å². The molecule has 0 saturated heterocycles. The molecular formula is C17H20BrNO2. The molecule has 1 N–H and O–H groups in total. The van der Waals surface area contributed by atoms with Crippen molar-refractivity contribution in [2.45, 2.75) is 32.1 Å². The summed E-state index contributed by atoms with van der Waals surface area (Å²) >= 11 is 3.44. The molecule has 0 bridgehead atoms. The third kappa shape index (κ3) is 4.74. The van der Waals surface area contributed by atoms with Gasteiger partial charge in [0, 0.05) is 29.3 Å². The Balaban J connectivity index is 1.83. The molecule has 1 amide bonds. The maximum atomic E-state index is 11.9. The van der Waals surface area contributed by atoms with Crippen molar-refractivity contribution in [1.29, 1.82) is 0 Å². The molecule has 0 unspecified atom stereocenters. The molecule has 0 atom stereocenters. The number of carbonyl (C=O) groups excluding carboxylic acids is 1. The summed E-state index contributed by atoms with van der Waals surface area (Å²) in [6.07, 6.45) is 2.71. The predicted molar refractivity (Wildman–Crippen MR) is 87.2 cm³/mol. The first-order valence-electron chi connectivity index (χ1n) is 7.02. The van der Waals surface area contributed by atoms with Gasteiger partial charge in [-0.3, -0.25) is 4.79 Å². The van der Waals surface area contributed by atoms with Gasteiger partial charge in [0.2, 0.25) is 5.91 Å². The van der Waals surface area contributed by atoms with Crippen LogP contribution in [0.25, 0.3) is 0 Å². The van der Waals surface area contributed by atoms with Crippen molar-refractivity contribution < 1.29 is 9.21 Å². The van der Waals surface area contributed by atoms with Gasteiger partial charge in [0.15, 0.2) is 0 Å². The Morgan fingerprint density at radius 3 is 2.57 bits per heavy atom. The molecule has 112 valence electrons. The molecule has 3 nitrogen and oxygen atoms in total. The lowest BCUT2D eigenvalue weighted by molar-refractivity contribution is -0.121. The lowest BCUT2D eigenvalue weighted by atomic mass is 9.84. The fourth-order valence-corrected chi connectivity index (χ4v) is 2.37. The average Bonchev–Trinajstić information content (AvgIpc) is 2.97. The number of benzene rings is 1. The molecule has 0 aliphatic carbocycles. The number of rotatable bonds is 6. The van der Waals surface area contributed by atoms with Gasteiger partial charge >= 0.3 is 0 Å². The Morgan fingerprint density at radius 2 is 1.95 bits per heavy atom. The molecule has 4 heteroatoms. The second-order valence-electron chi connectivity index (χ2n) is 5.75. The fourth-order valence-electron chi connectivity index (χ4n) is 2.10. The molecule has 1 aromatic heterocycles. The third-order valence-corrected chi connectivity index (χ3v) is 4.06. The molecule has 0 saturated carbocycles. The zero-order valence-electron chi connectivity index (χ0n) is 12.4. The van der Waals surface area contributed by atoms with Crippen LogP contribution in [-0.2, 0) is 16.6 Å². The van der Waals surface area contributed by atoms with Crippen LogP contribution in [0.15, 0.2) is 51.6 Å². The van der Waals surface area contributed by atoms with Gasteiger partial charge < -0.3 is 9.73 Å². The molecule has 1 heterocycles.